The average molecular weight is 256 g/mol. The fraction of sp³-hybridized carbons (Fsp3) is 0.417. The van der Waals surface area contributed by atoms with Crippen LogP contribution >= 0.6 is 23.5 Å². The zero-order valence-corrected chi connectivity index (χ0v) is 11.4. The summed E-state index contributed by atoms with van der Waals surface area (Å²) in [5.41, 5.74) is 2.40. The van der Waals surface area contributed by atoms with Crippen LogP contribution in [0.25, 0.3) is 0 Å². The lowest BCUT2D eigenvalue weighted by Gasteiger charge is -2.11. The third-order valence-electron chi connectivity index (χ3n) is 2.41. The van der Waals surface area contributed by atoms with E-state index in [-0.39, 0.29) is 6.42 Å². The van der Waals surface area contributed by atoms with E-state index in [2.05, 4.69) is 19.1 Å². The van der Waals surface area contributed by atoms with Crippen molar-refractivity contribution in [3.8, 4) is 0 Å². The highest BCUT2D eigenvalue weighted by molar-refractivity contribution is 7.99. The molecule has 0 amide bonds. The van der Waals surface area contributed by atoms with Gasteiger partial charge in [0.15, 0.2) is 0 Å². The summed E-state index contributed by atoms with van der Waals surface area (Å²) < 4.78 is 0. The van der Waals surface area contributed by atoms with Crippen LogP contribution in [0.3, 0.4) is 0 Å². The lowest BCUT2D eigenvalue weighted by molar-refractivity contribution is -0.136. The number of carbonyl (C=O) groups is 1. The second-order valence-electron chi connectivity index (χ2n) is 3.53. The highest BCUT2D eigenvalue weighted by Crippen LogP contribution is 2.29. The van der Waals surface area contributed by atoms with Crippen molar-refractivity contribution in [3.63, 3.8) is 0 Å². The first-order chi connectivity index (χ1) is 7.58. The Hall–Kier alpha value is -0.610. The SMILES string of the molecule is CSc1cc(CCC(=O)O)c(SC)cc1C. The molecule has 0 radical (unpaired) electrons. The molecule has 1 rings (SSSR count). The molecule has 0 fully saturated rings. The van der Waals surface area contributed by atoms with Gasteiger partial charge in [-0.2, -0.15) is 0 Å². The number of hydrogen-bond acceptors (Lipinski definition) is 3. The lowest BCUT2D eigenvalue weighted by Crippen LogP contribution is -1.99. The molecule has 88 valence electrons. The van der Waals surface area contributed by atoms with Crippen LogP contribution in [0.4, 0.5) is 0 Å². The van der Waals surface area contributed by atoms with Gasteiger partial charge < -0.3 is 5.11 Å². The van der Waals surface area contributed by atoms with Crippen LogP contribution in [-0.2, 0) is 11.2 Å². The van der Waals surface area contributed by atoms with Crippen molar-refractivity contribution in [3.05, 3.63) is 23.3 Å². The van der Waals surface area contributed by atoms with Gasteiger partial charge in [0, 0.05) is 16.2 Å². The molecule has 0 atom stereocenters. The summed E-state index contributed by atoms with van der Waals surface area (Å²) in [6.45, 7) is 2.09. The molecule has 0 aliphatic heterocycles. The summed E-state index contributed by atoms with van der Waals surface area (Å²) in [7, 11) is 0. The summed E-state index contributed by atoms with van der Waals surface area (Å²) in [6, 6.07) is 4.27. The predicted molar refractivity (Wildman–Crippen MR) is 70.7 cm³/mol. The number of hydrogen-bond donors (Lipinski definition) is 1. The van der Waals surface area contributed by atoms with Crippen LogP contribution in [-0.4, -0.2) is 23.6 Å². The first-order valence-electron chi connectivity index (χ1n) is 5.01. The summed E-state index contributed by atoms with van der Waals surface area (Å²) in [5, 5.41) is 8.71. The molecule has 0 aliphatic carbocycles. The van der Waals surface area contributed by atoms with Crippen LogP contribution in [0.1, 0.15) is 17.5 Å². The lowest BCUT2D eigenvalue weighted by atomic mass is 10.1. The minimum atomic E-state index is -0.738. The largest absolute Gasteiger partial charge is 0.481 e. The fourth-order valence-electron chi connectivity index (χ4n) is 1.55. The van der Waals surface area contributed by atoms with E-state index in [0.29, 0.717) is 6.42 Å². The highest BCUT2D eigenvalue weighted by Gasteiger charge is 2.08. The Morgan fingerprint density at radius 2 is 1.88 bits per heavy atom. The predicted octanol–water partition coefficient (Wildman–Crippen LogP) is 3.46. The number of benzene rings is 1. The van der Waals surface area contributed by atoms with E-state index in [0.717, 1.165) is 5.56 Å². The van der Waals surface area contributed by atoms with Gasteiger partial charge in [0.2, 0.25) is 0 Å². The number of thioether (sulfide) groups is 2. The van der Waals surface area contributed by atoms with E-state index in [4.69, 9.17) is 5.11 Å². The number of aliphatic carboxylic acids is 1. The fourth-order valence-corrected chi connectivity index (χ4v) is 2.91. The summed E-state index contributed by atoms with van der Waals surface area (Å²) in [4.78, 5) is 13.0. The van der Waals surface area contributed by atoms with Gasteiger partial charge >= 0.3 is 5.97 Å². The van der Waals surface area contributed by atoms with Crippen molar-refractivity contribution in [1.29, 1.82) is 0 Å². The van der Waals surface area contributed by atoms with Gasteiger partial charge in [-0.25, -0.2) is 0 Å². The van der Waals surface area contributed by atoms with E-state index in [1.54, 1.807) is 23.5 Å². The molecular weight excluding hydrogens is 240 g/mol. The monoisotopic (exact) mass is 256 g/mol. The minimum Gasteiger partial charge on any atom is -0.481 e. The van der Waals surface area contributed by atoms with Crippen LogP contribution in [0.5, 0.6) is 0 Å². The van der Waals surface area contributed by atoms with E-state index in [1.807, 2.05) is 12.5 Å². The smallest absolute Gasteiger partial charge is 0.303 e. The Morgan fingerprint density at radius 3 is 2.38 bits per heavy atom. The molecule has 0 saturated carbocycles. The van der Waals surface area contributed by atoms with Crippen molar-refractivity contribution < 1.29 is 9.90 Å². The Kier molecular flexibility index (Phi) is 5.22. The van der Waals surface area contributed by atoms with Gasteiger partial charge in [-0.3, -0.25) is 4.79 Å². The quantitative estimate of drug-likeness (QED) is 0.819. The Bertz CT molecular complexity index is 389. The topological polar surface area (TPSA) is 37.3 Å². The molecule has 0 bridgehead atoms. The number of carboxylic acid groups (broad SMARTS) is 1. The Morgan fingerprint density at radius 1 is 1.25 bits per heavy atom. The van der Waals surface area contributed by atoms with Crippen LogP contribution in [0.15, 0.2) is 21.9 Å². The highest BCUT2D eigenvalue weighted by atomic mass is 32.2. The molecule has 16 heavy (non-hydrogen) atoms. The number of carboxylic acids is 1. The van der Waals surface area contributed by atoms with Gasteiger partial charge in [-0.1, -0.05) is 0 Å². The molecule has 0 unspecified atom stereocenters. The van der Waals surface area contributed by atoms with Crippen LogP contribution < -0.4 is 0 Å². The Balaban J connectivity index is 2.99. The van der Waals surface area contributed by atoms with Crippen LogP contribution in [0, 0.1) is 6.92 Å². The molecule has 1 N–H and O–H groups in total. The molecule has 0 saturated heterocycles. The minimum absolute atomic E-state index is 0.199. The molecule has 1 aromatic rings. The molecule has 0 aliphatic rings. The first kappa shape index (κ1) is 13.5. The van der Waals surface area contributed by atoms with E-state index >= 15 is 0 Å². The third kappa shape index (κ3) is 3.46. The molecule has 2 nitrogen and oxygen atoms in total. The van der Waals surface area contributed by atoms with E-state index < -0.39 is 5.97 Å². The van der Waals surface area contributed by atoms with E-state index in [9.17, 15) is 4.79 Å². The summed E-state index contributed by atoms with van der Waals surface area (Å²) >= 11 is 3.38. The zero-order chi connectivity index (χ0) is 12.1. The number of rotatable bonds is 5. The average Bonchev–Trinajstić information content (AvgIpc) is 2.26. The maximum Gasteiger partial charge on any atom is 0.303 e. The Labute approximate surface area is 105 Å². The molecule has 0 heterocycles. The summed E-state index contributed by atoms with van der Waals surface area (Å²) in [5.74, 6) is -0.738. The van der Waals surface area contributed by atoms with Gasteiger partial charge in [-0.15, -0.1) is 23.5 Å². The van der Waals surface area contributed by atoms with Crippen LogP contribution in [0.2, 0.25) is 0 Å². The normalized spacial score (nSPS) is 10.4. The maximum atomic E-state index is 10.6. The first-order valence-corrected chi connectivity index (χ1v) is 7.46. The van der Waals surface area contributed by atoms with Gasteiger partial charge in [-0.05, 0) is 49.1 Å². The van der Waals surface area contributed by atoms with Crippen molar-refractivity contribution in [1.82, 2.24) is 0 Å². The van der Waals surface area contributed by atoms with Gasteiger partial charge in [0.1, 0.15) is 0 Å². The van der Waals surface area contributed by atoms with Gasteiger partial charge in [0.25, 0.3) is 0 Å². The summed E-state index contributed by atoms with van der Waals surface area (Å²) in [6.07, 6.45) is 4.88. The van der Waals surface area contributed by atoms with E-state index in [1.165, 1.54) is 15.4 Å². The van der Waals surface area contributed by atoms with Gasteiger partial charge in [0.05, 0.1) is 0 Å². The molecule has 4 heteroatoms. The third-order valence-corrected chi connectivity index (χ3v) is 4.11. The molecule has 0 aromatic heterocycles. The standard InChI is InChI=1S/C12H16O2S2/c1-8-6-11(16-3)9(4-5-12(13)14)7-10(8)15-2/h6-7H,4-5H2,1-3H3,(H,13,14). The second-order valence-corrected chi connectivity index (χ2v) is 5.22. The maximum absolute atomic E-state index is 10.6. The molecule has 0 spiro atoms. The number of aryl methyl sites for hydroxylation is 2. The van der Waals surface area contributed by atoms with Crippen molar-refractivity contribution in [2.75, 3.05) is 12.5 Å². The zero-order valence-electron chi connectivity index (χ0n) is 9.74. The van der Waals surface area contributed by atoms with Crippen molar-refractivity contribution in [2.45, 2.75) is 29.6 Å². The molecule has 1 aromatic carbocycles. The molecular formula is C12H16O2S2. The van der Waals surface area contributed by atoms with Crippen molar-refractivity contribution in [2.24, 2.45) is 0 Å². The van der Waals surface area contributed by atoms with Crippen molar-refractivity contribution >= 4 is 29.5 Å². The second kappa shape index (κ2) is 6.21.